The lowest BCUT2D eigenvalue weighted by molar-refractivity contribution is -0.230. The van der Waals surface area contributed by atoms with Gasteiger partial charge in [-0.05, 0) is 36.8 Å². The Balaban J connectivity index is 1.18. The number of aliphatic hydroxyl groups excluding tert-OH is 1. The zero-order valence-corrected chi connectivity index (χ0v) is 20.8. The van der Waals surface area contributed by atoms with Crippen LogP contribution >= 0.6 is 15.9 Å². The zero-order valence-electron chi connectivity index (χ0n) is 19.2. The number of imide groups is 1. The molecular formula is C25H28BrNO8. The van der Waals surface area contributed by atoms with E-state index in [2.05, 4.69) is 15.9 Å². The lowest BCUT2D eigenvalue weighted by Gasteiger charge is -2.30. The average molecular weight is 550 g/mol. The monoisotopic (exact) mass is 549 g/mol. The molecule has 10 heteroatoms. The molecule has 2 aromatic rings. The second kappa shape index (κ2) is 12.6. The topological polar surface area (TPSA) is 104 Å². The van der Waals surface area contributed by atoms with E-state index in [1.807, 2.05) is 18.2 Å². The predicted octanol–water partition coefficient (Wildman–Crippen LogP) is 2.95. The molecule has 0 spiro atoms. The molecule has 0 atom stereocenters. The quantitative estimate of drug-likeness (QED) is 0.318. The number of rotatable bonds is 12. The molecule has 1 saturated heterocycles. The number of hydrogen-bond donors (Lipinski definition) is 1. The summed E-state index contributed by atoms with van der Waals surface area (Å²) in [6.07, 6.45) is -0.273. The third-order valence-electron chi connectivity index (χ3n) is 5.58. The van der Waals surface area contributed by atoms with Crippen LogP contribution in [-0.2, 0) is 18.9 Å². The van der Waals surface area contributed by atoms with Crippen LogP contribution in [0.1, 0.15) is 39.0 Å². The van der Waals surface area contributed by atoms with Gasteiger partial charge in [0, 0.05) is 23.2 Å². The maximum atomic E-state index is 12.4. The average Bonchev–Trinajstić information content (AvgIpc) is 3.12. The minimum Gasteiger partial charge on any atom is -0.491 e. The van der Waals surface area contributed by atoms with E-state index >= 15 is 0 Å². The van der Waals surface area contributed by atoms with Crippen molar-refractivity contribution in [3.05, 3.63) is 63.6 Å². The van der Waals surface area contributed by atoms with Gasteiger partial charge in [0.25, 0.3) is 11.8 Å². The molecule has 0 aromatic heterocycles. The van der Waals surface area contributed by atoms with Gasteiger partial charge in [0.05, 0.1) is 44.2 Å². The predicted molar refractivity (Wildman–Crippen MR) is 128 cm³/mol. The van der Waals surface area contributed by atoms with Crippen molar-refractivity contribution in [1.82, 2.24) is 4.90 Å². The highest BCUT2D eigenvalue weighted by Crippen LogP contribution is 2.33. The van der Waals surface area contributed by atoms with Crippen molar-refractivity contribution >= 4 is 27.7 Å². The fraction of sp³-hybridized carbons (Fsp3) is 0.440. The van der Waals surface area contributed by atoms with Crippen LogP contribution in [0.5, 0.6) is 5.75 Å². The number of nitrogens with zero attached hydrogens (tertiary/aromatic N) is 1. The molecule has 2 aliphatic rings. The second-order valence-corrected chi connectivity index (χ2v) is 8.87. The van der Waals surface area contributed by atoms with Crippen molar-refractivity contribution in [3.63, 3.8) is 0 Å². The molecule has 1 fully saturated rings. The van der Waals surface area contributed by atoms with E-state index in [1.54, 1.807) is 24.3 Å². The number of halogens is 1. The largest absolute Gasteiger partial charge is 0.491 e. The maximum Gasteiger partial charge on any atom is 0.261 e. The Kier molecular flexibility index (Phi) is 9.25. The van der Waals surface area contributed by atoms with E-state index in [1.165, 1.54) is 4.90 Å². The smallest absolute Gasteiger partial charge is 0.261 e. The van der Waals surface area contributed by atoms with E-state index in [-0.39, 0.29) is 31.1 Å². The van der Waals surface area contributed by atoms with Gasteiger partial charge >= 0.3 is 0 Å². The van der Waals surface area contributed by atoms with Crippen molar-refractivity contribution < 1.29 is 38.4 Å². The van der Waals surface area contributed by atoms with Gasteiger partial charge in [-0.15, -0.1) is 0 Å². The Morgan fingerprint density at radius 3 is 2.37 bits per heavy atom. The SMILES string of the molecule is O=C1c2ccccc2C(=O)N1CCCOC1COC(c2cc(OCCOCCO)ccc2Br)OC1. The number of hydrogen-bond acceptors (Lipinski definition) is 8. The van der Waals surface area contributed by atoms with Gasteiger partial charge in [-0.2, -0.15) is 0 Å². The first-order chi connectivity index (χ1) is 17.1. The Morgan fingerprint density at radius 1 is 0.971 bits per heavy atom. The van der Waals surface area contributed by atoms with E-state index in [4.69, 9.17) is 28.8 Å². The number of ether oxygens (including phenoxy) is 5. The van der Waals surface area contributed by atoms with Crippen molar-refractivity contribution in [2.75, 3.05) is 52.8 Å². The van der Waals surface area contributed by atoms with Crippen molar-refractivity contribution in [2.24, 2.45) is 0 Å². The minimum atomic E-state index is -0.559. The third kappa shape index (κ3) is 6.46. The highest BCUT2D eigenvalue weighted by atomic mass is 79.9. The van der Waals surface area contributed by atoms with Crippen molar-refractivity contribution in [3.8, 4) is 5.75 Å². The number of carbonyl (C=O) groups is 2. The molecule has 4 rings (SSSR count). The summed E-state index contributed by atoms with van der Waals surface area (Å²) in [6, 6.07) is 12.4. The first-order valence-corrected chi connectivity index (χ1v) is 12.3. The van der Waals surface area contributed by atoms with Gasteiger partial charge in [-0.25, -0.2) is 0 Å². The summed E-state index contributed by atoms with van der Waals surface area (Å²) in [7, 11) is 0. The fourth-order valence-electron chi connectivity index (χ4n) is 3.85. The molecule has 0 bridgehead atoms. The Morgan fingerprint density at radius 2 is 1.69 bits per heavy atom. The third-order valence-corrected chi connectivity index (χ3v) is 6.30. The number of amides is 2. The number of fused-ring (bicyclic) bond motifs is 1. The van der Waals surface area contributed by atoms with Crippen molar-refractivity contribution in [1.29, 1.82) is 0 Å². The maximum absolute atomic E-state index is 12.4. The Hall–Kier alpha value is -2.34. The first-order valence-electron chi connectivity index (χ1n) is 11.5. The summed E-state index contributed by atoms with van der Waals surface area (Å²) in [5, 5.41) is 8.73. The van der Waals surface area contributed by atoms with Crippen LogP contribution < -0.4 is 4.74 Å². The van der Waals surface area contributed by atoms with E-state index < -0.39 is 6.29 Å². The Bertz CT molecular complexity index is 989. The van der Waals surface area contributed by atoms with Gasteiger partial charge in [0.2, 0.25) is 0 Å². The van der Waals surface area contributed by atoms with Gasteiger partial charge in [0.15, 0.2) is 6.29 Å². The first kappa shape index (κ1) is 25.7. The molecule has 1 N–H and O–H groups in total. The van der Waals surface area contributed by atoms with E-state index in [9.17, 15) is 9.59 Å². The zero-order chi connectivity index (χ0) is 24.6. The normalized spacial score (nSPS) is 19.8. The Labute approximate surface area is 212 Å². The summed E-state index contributed by atoms with van der Waals surface area (Å²) in [5.74, 6) is 0.147. The van der Waals surface area contributed by atoms with Gasteiger partial charge in [-0.1, -0.05) is 28.1 Å². The summed E-state index contributed by atoms with van der Waals surface area (Å²) in [6.45, 7) is 2.39. The molecule has 2 heterocycles. The van der Waals surface area contributed by atoms with Crippen LogP contribution in [0.15, 0.2) is 46.9 Å². The standard InChI is InChI=1S/C25H28BrNO8/c26-22-7-6-17(33-13-12-31-11-9-28)14-21(22)25-34-15-18(16-35-25)32-10-3-8-27-23(29)19-4-1-2-5-20(19)24(27)30/h1-2,4-7,14,18,25,28H,3,8-13,15-16H2. The molecule has 0 radical (unpaired) electrons. The molecule has 2 aliphatic heterocycles. The molecule has 9 nitrogen and oxygen atoms in total. The lowest BCUT2D eigenvalue weighted by Crippen LogP contribution is -2.35. The molecule has 0 saturated carbocycles. The molecule has 2 amide bonds. The summed E-state index contributed by atoms with van der Waals surface area (Å²) in [5.41, 5.74) is 1.71. The van der Waals surface area contributed by atoms with Crippen LogP contribution in [-0.4, -0.2) is 80.7 Å². The molecule has 2 aromatic carbocycles. The highest BCUT2D eigenvalue weighted by Gasteiger charge is 2.34. The van der Waals surface area contributed by atoms with Gasteiger partial charge in [-0.3, -0.25) is 14.5 Å². The van der Waals surface area contributed by atoms with Crippen molar-refractivity contribution in [2.45, 2.75) is 18.8 Å². The number of benzene rings is 2. The van der Waals surface area contributed by atoms with Gasteiger partial charge < -0.3 is 28.8 Å². The molecular weight excluding hydrogens is 522 g/mol. The van der Waals surface area contributed by atoms with Crippen LogP contribution in [0, 0.1) is 0 Å². The second-order valence-electron chi connectivity index (χ2n) is 8.02. The summed E-state index contributed by atoms with van der Waals surface area (Å²) < 4.78 is 29.3. The molecule has 188 valence electrons. The number of carbonyl (C=O) groups excluding carboxylic acids is 2. The van der Waals surface area contributed by atoms with Crippen LogP contribution in [0.2, 0.25) is 0 Å². The van der Waals surface area contributed by atoms with Gasteiger partial charge in [0.1, 0.15) is 18.5 Å². The minimum absolute atomic E-state index is 0.0178. The summed E-state index contributed by atoms with van der Waals surface area (Å²) in [4.78, 5) is 26.1. The van der Waals surface area contributed by atoms with Crippen LogP contribution in [0.3, 0.4) is 0 Å². The molecule has 0 aliphatic carbocycles. The molecule has 35 heavy (non-hydrogen) atoms. The van der Waals surface area contributed by atoms with E-state index in [0.717, 1.165) is 10.0 Å². The van der Waals surface area contributed by atoms with Crippen LogP contribution in [0.25, 0.3) is 0 Å². The molecule has 0 unspecified atom stereocenters. The van der Waals surface area contributed by atoms with E-state index in [0.29, 0.717) is 62.9 Å². The number of aliphatic hydroxyl groups is 1. The highest BCUT2D eigenvalue weighted by molar-refractivity contribution is 9.10. The fourth-order valence-corrected chi connectivity index (χ4v) is 4.29. The summed E-state index contributed by atoms with van der Waals surface area (Å²) >= 11 is 3.53. The van der Waals surface area contributed by atoms with Crippen LogP contribution in [0.4, 0.5) is 0 Å². The lowest BCUT2D eigenvalue weighted by atomic mass is 10.1.